The van der Waals surface area contributed by atoms with Gasteiger partial charge in [-0.1, -0.05) is 23.7 Å². The molecule has 0 bridgehead atoms. The molecule has 0 aliphatic carbocycles. The van der Waals surface area contributed by atoms with Gasteiger partial charge in [0.15, 0.2) is 0 Å². The van der Waals surface area contributed by atoms with E-state index in [2.05, 4.69) is 10.6 Å². The normalized spacial score (nSPS) is 20.2. The first-order valence-electron chi connectivity index (χ1n) is 6.73. The minimum atomic E-state index is -3.80. The number of halogens is 1. The number of nitrogens with zero attached hydrogens (tertiary/aromatic N) is 1. The molecule has 1 saturated heterocycles. The Morgan fingerprint density at radius 2 is 2.19 bits per heavy atom. The van der Waals surface area contributed by atoms with Crippen LogP contribution in [-0.4, -0.2) is 50.9 Å². The van der Waals surface area contributed by atoms with E-state index >= 15 is 0 Å². The van der Waals surface area contributed by atoms with Crippen molar-refractivity contribution >= 4 is 27.5 Å². The van der Waals surface area contributed by atoms with Gasteiger partial charge in [-0.2, -0.15) is 4.31 Å². The summed E-state index contributed by atoms with van der Waals surface area (Å²) in [4.78, 5) is 12.1. The molecule has 2 N–H and O–H groups in total. The Kier molecular flexibility index (Phi) is 5.21. The highest BCUT2D eigenvalue weighted by Crippen LogP contribution is 2.26. The van der Waals surface area contributed by atoms with Crippen LogP contribution in [-0.2, 0) is 14.8 Å². The van der Waals surface area contributed by atoms with Gasteiger partial charge in [0.25, 0.3) is 0 Å². The van der Waals surface area contributed by atoms with E-state index in [4.69, 9.17) is 11.6 Å². The lowest BCUT2D eigenvalue weighted by atomic mass is 10.2. The molecule has 6 nitrogen and oxygen atoms in total. The zero-order valence-electron chi connectivity index (χ0n) is 11.7. The van der Waals surface area contributed by atoms with E-state index in [0.717, 1.165) is 0 Å². The minimum Gasteiger partial charge on any atom is -0.355 e. The number of amides is 1. The summed E-state index contributed by atoms with van der Waals surface area (Å²) in [6.45, 7) is 3.26. The molecule has 8 heteroatoms. The van der Waals surface area contributed by atoms with Gasteiger partial charge in [-0.3, -0.25) is 4.79 Å². The lowest BCUT2D eigenvalue weighted by Crippen LogP contribution is -2.59. The van der Waals surface area contributed by atoms with Crippen molar-refractivity contribution in [2.75, 3.05) is 26.2 Å². The van der Waals surface area contributed by atoms with E-state index in [9.17, 15) is 13.2 Å². The summed E-state index contributed by atoms with van der Waals surface area (Å²) < 4.78 is 26.7. The van der Waals surface area contributed by atoms with Gasteiger partial charge in [0.2, 0.25) is 15.9 Å². The third-order valence-corrected chi connectivity index (χ3v) is 5.68. The van der Waals surface area contributed by atoms with Crippen molar-refractivity contribution in [2.45, 2.75) is 17.9 Å². The second kappa shape index (κ2) is 6.74. The van der Waals surface area contributed by atoms with E-state index in [-0.39, 0.29) is 28.9 Å². The highest BCUT2D eigenvalue weighted by molar-refractivity contribution is 7.89. The van der Waals surface area contributed by atoms with E-state index < -0.39 is 16.1 Å². The molecule has 1 amide bonds. The van der Waals surface area contributed by atoms with Crippen molar-refractivity contribution in [3.05, 3.63) is 29.3 Å². The molecule has 116 valence electrons. The fourth-order valence-electron chi connectivity index (χ4n) is 2.27. The number of carbonyl (C=O) groups is 1. The third kappa shape index (κ3) is 3.37. The number of hydrogen-bond acceptors (Lipinski definition) is 4. The van der Waals surface area contributed by atoms with E-state index in [1.54, 1.807) is 19.1 Å². The molecule has 1 fully saturated rings. The summed E-state index contributed by atoms with van der Waals surface area (Å²) in [5, 5.41) is 5.87. The Morgan fingerprint density at radius 3 is 2.86 bits per heavy atom. The van der Waals surface area contributed by atoms with Crippen molar-refractivity contribution in [1.29, 1.82) is 0 Å². The first-order valence-corrected chi connectivity index (χ1v) is 8.55. The average molecular weight is 332 g/mol. The van der Waals surface area contributed by atoms with Crippen LogP contribution < -0.4 is 10.6 Å². The minimum absolute atomic E-state index is 0.0304. The Bertz CT molecular complexity index is 621. The Balaban J connectivity index is 2.36. The molecule has 0 spiro atoms. The van der Waals surface area contributed by atoms with Gasteiger partial charge in [0, 0.05) is 26.2 Å². The van der Waals surface area contributed by atoms with Gasteiger partial charge in [-0.15, -0.1) is 0 Å². The van der Waals surface area contributed by atoms with Crippen molar-refractivity contribution < 1.29 is 13.2 Å². The predicted molar refractivity (Wildman–Crippen MR) is 80.7 cm³/mol. The molecule has 1 heterocycles. The van der Waals surface area contributed by atoms with Gasteiger partial charge >= 0.3 is 0 Å². The Hall–Kier alpha value is -1.15. The highest BCUT2D eigenvalue weighted by Gasteiger charge is 2.38. The molecule has 1 atom stereocenters. The van der Waals surface area contributed by atoms with Gasteiger partial charge in [0.05, 0.1) is 5.02 Å². The lowest BCUT2D eigenvalue weighted by molar-refractivity contribution is -0.125. The number of sulfonamides is 1. The molecule has 1 aromatic carbocycles. The van der Waals surface area contributed by atoms with Crippen LogP contribution >= 0.6 is 11.6 Å². The molecule has 1 aliphatic rings. The van der Waals surface area contributed by atoms with Crippen molar-refractivity contribution in [3.8, 4) is 0 Å². The fourth-order valence-corrected chi connectivity index (χ4v) is 4.35. The molecule has 1 unspecified atom stereocenters. The van der Waals surface area contributed by atoms with E-state index in [0.29, 0.717) is 13.1 Å². The van der Waals surface area contributed by atoms with E-state index in [1.165, 1.54) is 16.4 Å². The van der Waals surface area contributed by atoms with Crippen LogP contribution in [0.5, 0.6) is 0 Å². The number of piperazine rings is 1. The summed E-state index contributed by atoms with van der Waals surface area (Å²) >= 11 is 5.99. The largest absolute Gasteiger partial charge is 0.355 e. The third-order valence-electron chi connectivity index (χ3n) is 3.27. The Morgan fingerprint density at radius 1 is 1.48 bits per heavy atom. The maximum absolute atomic E-state index is 12.8. The van der Waals surface area contributed by atoms with Crippen LogP contribution in [0, 0.1) is 0 Å². The summed E-state index contributed by atoms with van der Waals surface area (Å²) in [5.41, 5.74) is 0. The molecule has 0 saturated carbocycles. The van der Waals surface area contributed by atoms with Crippen LogP contribution in [0.2, 0.25) is 5.02 Å². The molecule has 0 aromatic heterocycles. The second-order valence-electron chi connectivity index (χ2n) is 4.66. The number of nitrogens with one attached hydrogen (secondary N) is 2. The van der Waals surface area contributed by atoms with Crippen molar-refractivity contribution in [1.82, 2.24) is 14.9 Å². The number of benzene rings is 1. The Labute approximate surface area is 129 Å². The van der Waals surface area contributed by atoms with Crippen LogP contribution in [0.4, 0.5) is 0 Å². The monoisotopic (exact) mass is 331 g/mol. The number of rotatable bonds is 4. The van der Waals surface area contributed by atoms with Crippen LogP contribution in [0.1, 0.15) is 6.92 Å². The van der Waals surface area contributed by atoms with Crippen LogP contribution in [0.3, 0.4) is 0 Å². The summed E-state index contributed by atoms with van der Waals surface area (Å²) in [7, 11) is -3.80. The van der Waals surface area contributed by atoms with Crippen LogP contribution in [0.15, 0.2) is 29.2 Å². The van der Waals surface area contributed by atoms with Crippen LogP contribution in [0.25, 0.3) is 0 Å². The van der Waals surface area contributed by atoms with Gasteiger partial charge in [-0.25, -0.2) is 8.42 Å². The highest BCUT2D eigenvalue weighted by atomic mass is 35.5. The lowest BCUT2D eigenvalue weighted by Gasteiger charge is -2.34. The fraction of sp³-hybridized carbons (Fsp3) is 0.462. The number of hydrogen-bond donors (Lipinski definition) is 2. The number of carbonyl (C=O) groups excluding carboxylic acids is 1. The second-order valence-corrected chi connectivity index (χ2v) is 6.93. The zero-order chi connectivity index (χ0) is 15.5. The molecule has 0 radical (unpaired) electrons. The molecule has 1 aliphatic heterocycles. The maximum Gasteiger partial charge on any atom is 0.245 e. The van der Waals surface area contributed by atoms with Gasteiger partial charge in [-0.05, 0) is 19.1 Å². The average Bonchev–Trinajstić information content (AvgIpc) is 2.48. The smallest absolute Gasteiger partial charge is 0.245 e. The number of likely N-dealkylation sites (N-methyl/N-ethyl adjacent to an activating group) is 1. The zero-order valence-corrected chi connectivity index (χ0v) is 13.2. The molecule has 21 heavy (non-hydrogen) atoms. The molecular weight excluding hydrogens is 314 g/mol. The predicted octanol–water partition coefficient (Wildman–Crippen LogP) is 0.439. The maximum atomic E-state index is 12.8. The quantitative estimate of drug-likeness (QED) is 0.839. The summed E-state index contributed by atoms with van der Waals surface area (Å²) in [6, 6.07) is 5.49. The topological polar surface area (TPSA) is 78.5 Å². The molecule has 2 rings (SSSR count). The van der Waals surface area contributed by atoms with Crippen molar-refractivity contribution in [2.24, 2.45) is 0 Å². The first-order chi connectivity index (χ1) is 9.98. The van der Waals surface area contributed by atoms with Crippen molar-refractivity contribution in [3.63, 3.8) is 0 Å². The molecular formula is C13H18ClN3O3S. The summed E-state index contributed by atoms with van der Waals surface area (Å²) in [5.74, 6) is -0.305. The first kappa shape index (κ1) is 16.2. The van der Waals surface area contributed by atoms with Gasteiger partial charge < -0.3 is 10.6 Å². The SMILES string of the molecule is CCNC(=O)C1CNCCN1S(=O)(=O)c1ccccc1Cl. The van der Waals surface area contributed by atoms with E-state index in [1.807, 2.05) is 0 Å². The summed E-state index contributed by atoms with van der Waals surface area (Å²) in [6.07, 6.45) is 0. The standard InChI is InChI=1S/C13H18ClN3O3S/c1-2-16-13(18)11-9-15-7-8-17(11)21(19,20)12-6-4-3-5-10(12)14/h3-6,11,15H,2,7-9H2,1H3,(H,16,18). The van der Waals surface area contributed by atoms with Gasteiger partial charge in [0.1, 0.15) is 10.9 Å². The molecule has 1 aromatic rings.